The van der Waals surface area contributed by atoms with Crippen LogP contribution in [0.15, 0.2) is 18.2 Å². The Hall–Kier alpha value is -0.970. The minimum atomic E-state index is -0.421. The van der Waals surface area contributed by atoms with Crippen molar-refractivity contribution in [3.05, 3.63) is 28.2 Å². The second-order valence-corrected chi connectivity index (χ2v) is 4.35. The molecule has 4 nitrogen and oxygen atoms in total. The van der Waals surface area contributed by atoms with E-state index in [1.807, 2.05) is 6.92 Å². The van der Waals surface area contributed by atoms with E-state index in [0.29, 0.717) is 22.2 Å². The Morgan fingerprint density at radius 3 is 2.76 bits per heavy atom. The van der Waals surface area contributed by atoms with Crippen molar-refractivity contribution >= 4 is 34.9 Å². The van der Waals surface area contributed by atoms with Crippen LogP contribution in [-0.2, 0) is 0 Å². The van der Waals surface area contributed by atoms with Crippen molar-refractivity contribution in [3.63, 3.8) is 0 Å². The van der Waals surface area contributed by atoms with Gasteiger partial charge >= 0.3 is 6.03 Å². The Morgan fingerprint density at radius 1 is 1.47 bits per heavy atom. The smallest absolute Gasteiger partial charge is 0.319 e. The number of halogens is 2. The summed E-state index contributed by atoms with van der Waals surface area (Å²) in [6, 6.07) is 4.10. The van der Waals surface area contributed by atoms with Crippen molar-refractivity contribution in [1.29, 1.82) is 0 Å². The number of aliphatic hydroxyl groups is 1. The molecule has 0 fully saturated rings. The fourth-order valence-corrected chi connectivity index (χ4v) is 1.55. The molecule has 0 aliphatic rings. The molecule has 0 aliphatic carbocycles. The molecule has 0 spiro atoms. The van der Waals surface area contributed by atoms with Gasteiger partial charge in [-0.3, -0.25) is 0 Å². The molecule has 17 heavy (non-hydrogen) atoms. The second-order valence-electron chi connectivity index (χ2n) is 3.51. The van der Waals surface area contributed by atoms with E-state index in [1.165, 1.54) is 0 Å². The molecule has 1 rings (SSSR count). The lowest BCUT2D eigenvalue weighted by Gasteiger charge is -2.15. The molecule has 0 unspecified atom stereocenters. The molecular formula is C11H14Cl2N2O2. The molecular weight excluding hydrogens is 263 g/mol. The molecule has 2 amide bonds. The summed E-state index contributed by atoms with van der Waals surface area (Å²) in [5, 5.41) is 15.0. The SMILES string of the molecule is CC[C@H](CO)NC(=O)Nc1cc(Cl)ccc1Cl. The summed E-state index contributed by atoms with van der Waals surface area (Å²) >= 11 is 11.7. The van der Waals surface area contributed by atoms with E-state index in [1.54, 1.807) is 18.2 Å². The fourth-order valence-electron chi connectivity index (χ4n) is 1.21. The summed E-state index contributed by atoms with van der Waals surface area (Å²) in [5.74, 6) is 0. The van der Waals surface area contributed by atoms with Gasteiger partial charge in [0, 0.05) is 5.02 Å². The van der Waals surface area contributed by atoms with E-state index in [9.17, 15) is 4.79 Å². The van der Waals surface area contributed by atoms with Crippen molar-refractivity contribution < 1.29 is 9.90 Å². The van der Waals surface area contributed by atoms with Crippen LogP contribution in [0.3, 0.4) is 0 Å². The van der Waals surface area contributed by atoms with Crippen LogP contribution in [0.1, 0.15) is 13.3 Å². The van der Waals surface area contributed by atoms with Gasteiger partial charge in [0.15, 0.2) is 0 Å². The maximum atomic E-state index is 11.6. The topological polar surface area (TPSA) is 61.4 Å². The van der Waals surface area contributed by atoms with Gasteiger partial charge in [0.25, 0.3) is 0 Å². The number of nitrogens with one attached hydrogen (secondary N) is 2. The Bertz CT molecular complexity index is 395. The number of amides is 2. The number of aliphatic hydroxyl groups excluding tert-OH is 1. The molecule has 0 bridgehead atoms. The third-order valence-electron chi connectivity index (χ3n) is 2.23. The highest BCUT2D eigenvalue weighted by Gasteiger charge is 2.10. The summed E-state index contributed by atoms with van der Waals surface area (Å²) < 4.78 is 0. The highest BCUT2D eigenvalue weighted by atomic mass is 35.5. The van der Waals surface area contributed by atoms with Crippen LogP contribution in [-0.4, -0.2) is 23.8 Å². The number of benzene rings is 1. The number of hydrogen-bond acceptors (Lipinski definition) is 2. The number of carbonyl (C=O) groups is 1. The largest absolute Gasteiger partial charge is 0.394 e. The lowest BCUT2D eigenvalue weighted by molar-refractivity contribution is 0.222. The third kappa shape index (κ3) is 4.42. The molecule has 1 atom stereocenters. The lowest BCUT2D eigenvalue weighted by Crippen LogP contribution is -2.39. The first kappa shape index (κ1) is 14.1. The van der Waals surface area contributed by atoms with Crippen molar-refractivity contribution in [2.75, 3.05) is 11.9 Å². The van der Waals surface area contributed by atoms with Crippen molar-refractivity contribution in [1.82, 2.24) is 5.32 Å². The normalized spacial score (nSPS) is 12.0. The first-order valence-electron chi connectivity index (χ1n) is 5.20. The minimum Gasteiger partial charge on any atom is -0.394 e. The molecule has 0 saturated carbocycles. The van der Waals surface area contributed by atoms with Gasteiger partial charge in [0.1, 0.15) is 0 Å². The van der Waals surface area contributed by atoms with Gasteiger partial charge in [-0.1, -0.05) is 30.1 Å². The van der Waals surface area contributed by atoms with Crippen LogP contribution in [0.25, 0.3) is 0 Å². The molecule has 3 N–H and O–H groups in total. The number of rotatable bonds is 4. The van der Waals surface area contributed by atoms with Crippen molar-refractivity contribution in [2.24, 2.45) is 0 Å². The van der Waals surface area contributed by atoms with Gasteiger partial charge in [-0.25, -0.2) is 4.79 Å². The Morgan fingerprint density at radius 2 is 2.18 bits per heavy atom. The maximum Gasteiger partial charge on any atom is 0.319 e. The number of hydrogen-bond donors (Lipinski definition) is 3. The van der Waals surface area contributed by atoms with Crippen LogP contribution in [0.5, 0.6) is 0 Å². The lowest BCUT2D eigenvalue weighted by atomic mass is 10.2. The standard InChI is InChI=1S/C11H14Cl2N2O2/c1-2-8(6-16)14-11(17)15-10-5-7(12)3-4-9(10)13/h3-5,8,16H,2,6H2,1H3,(H2,14,15,17)/t8-/m1/s1. The van der Waals surface area contributed by atoms with E-state index in [-0.39, 0.29) is 12.6 Å². The van der Waals surface area contributed by atoms with E-state index in [2.05, 4.69) is 10.6 Å². The van der Waals surface area contributed by atoms with Crippen LogP contribution in [0.4, 0.5) is 10.5 Å². The predicted molar refractivity (Wildman–Crippen MR) is 69.8 cm³/mol. The Balaban J connectivity index is 2.64. The van der Waals surface area contributed by atoms with Crippen LogP contribution in [0, 0.1) is 0 Å². The highest BCUT2D eigenvalue weighted by Crippen LogP contribution is 2.25. The van der Waals surface area contributed by atoms with Gasteiger partial charge in [0.05, 0.1) is 23.4 Å². The zero-order valence-electron chi connectivity index (χ0n) is 9.34. The summed E-state index contributed by atoms with van der Waals surface area (Å²) in [6.45, 7) is 1.76. The maximum absolute atomic E-state index is 11.6. The highest BCUT2D eigenvalue weighted by molar-refractivity contribution is 6.35. The molecule has 1 aromatic carbocycles. The zero-order chi connectivity index (χ0) is 12.8. The minimum absolute atomic E-state index is 0.104. The molecule has 0 aliphatic heterocycles. The first-order chi connectivity index (χ1) is 8.06. The van der Waals surface area contributed by atoms with Gasteiger partial charge in [-0.15, -0.1) is 0 Å². The monoisotopic (exact) mass is 276 g/mol. The second kappa shape index (κ2) is 6.69. The van der Waals surface area contributed by atoms with E-state index in [0.717, 1.165) is 0 Å². The van der Waals surface area contributed by atoms with Gasteiger partial charge < -0.3 is 15.7 Å². The van der Waals surface area contributed by atoms with E-state index in [4.69, 9.17) is 28.3 Å². The molecule has 0 heterocycles. The zero-order valence-corrected chi connectivity index (χ0v) is 10.8. The van der Waals surface area contributed by atoms with Crippen LogP contribution < -0.4 is 10.6 Å². The number of anilines is 1. The number of urea groups is 1. The fraction of sp³-hybridized carbons (Fsp3) is 0.364. The summed E-state index contributed by atoms with van der Waals surface area (Å²) in [7, 11) is 0. The average molecular weight is 277 g/mol. The van der Waals surface area contributed by atoms with Gasteiger partial charge in [-0.05, 0) is 24.6 Å². The molecule has 1 aromatic rings. The summed E-state index contributed by atoms with van der Waals surface area (Å²) in [4.78, 5) is 11.6. The van der Waals surface area contributed by atoms with Gasteiger partial charge in [0.2, 0.25) is 0 Å². The van der Waals surface area contributed by atoms with Gasteiger partial charge in [-0.2, -0.15) is 0 Å². The Kier molecular flexibility index (Phi) is 5.55. The quantitative estimate of drug-likeness (QED) is 0.792. The molecule has 94 valence electrons. The predicted octanol–water partition coefficient (Wildman–Crippen LogP) is 2.89. The first-order valence-corrected chi connectivity index (χ1v) is 5.95. The summed E-state index contributed by atoms with van der Waals surface area (Å²) in [6.07, 6.45) is 0.646. The Labute approximate surface area is 110 Å². The van der Waals surface area contributed by atoms with Crippen LogP contribution in [0.2, 0.25) is 10.0 Å². The van der Waals surface area contributed by atoms with Crippen LogP contribution >= 0.6 is 23.2 Å². The molecule has 6 heteroatoms. The number of carbonyl (C=O) groups excluding carboxylic acids is 1. The molecule has 0 radical (unpaired) electrons. The molecule has 0 aromatic heterocycles. The third-order valence-corrected chi connectivity index (χ3v) is 2.79. The molecule has 0 saturated heterocycles. The van der Waals surface area contributed by atoms with Crippen molar-refractivity contribution in [3.8, 4) is 0 Å². The van der Waals surface area contributed by atoms with E-state index >= 15 is 0 Å². The summed E-state index contributed by atoms with van der Waals surface area (Å²) in [5.41, 5.74) is 0.435. The van der Waals surface area contributed by atoms with Crippen molar-refractivity contribution in [2.45, 2.75) is 19.4 Å². The van der Waals surface area contributed by atoms with E-state index < -0.39 is 6.03 Å². The average Bonchev–Trinajstić information content (AvgIpc) is 2.31.